The van der Waals surface area contributed by atoms with Crippen molar-refractivity contribution in [2.75, 3.05) is 11.9 Å². The maximum Gasteiger partial charge on any atom is 0.00314 e. The highest BCUT2D eigenvalue weighted by Crippen LogP contribution is 2.17. The molecule has 0 aliphatic heterocycles. The fourth-order valence-electron chi connectivity index (χ4n) is 1.90. The highest BCUT2D eigenvalue weighted by atomic mass is 79.9. The Kier molecular flexibility index (Phi) is 6.69. The summed E-state index contributed by atoms with van der Waals surface area (Å²) >= 11 is 3.48. The molecular formula is C13H20BrN. The Bertz CT molecular complexity index is 248. The largest absolute Gasteiger partial charge is 0.330 e. The molecule has 0 amide bonds. The van der Waals surface area contributed by atoms with Gasteiger partial charge in [0.2, 0.25) is 0 Å². The third kappa shape index (κ3) is 5.33. The molecule has 1 rings (SSSR count). The Morgan fingerprint density at radius 3 is 2.47 bits per heavy atom. The average molecular weight is 270 g/mol. The van der Waals surface area contributed by atoms with Gasteiger partial charge in [-0.25, -0.2) is 0 Å². The first-order valence-electron chi connectivity index (χ1n) is 5.66. The smallest absolute Gasteiger partial charge is 0.00314 e. The molecule has 84 valence electrons. The first kappa shape index (κ1) is 12.7. The lowest BCUT2D eigenvalue weighted by Gasteiger charge is -2.15. The first-order valence-corrected chi connectivity index (χ1v) is 6.79. The monoisotopic (exact) mass is 269 g/mol. The molecule has 1 nitrogen and oxygen atoms in total. The Hall–Kier alpha value is -0.340. The van der Waals surface area contributed by atoms with Gasteiger partial charge in [0.25, 0.3) is 0 Å². The Morgan fingerprint density at radius 2 is 1.87 bits per heavy atom. The average Bonchev–Trinajstić information content (AvgIpc) is 2.28. The van der Waals surface area contributed by atoms with Crippen LogP contribution in [0.1, 0.15) is 24.8 Å². The lowest BCUT2D eigenvalue weighted by molar-refractivity contribution is 0.451. The lowest BCUT2D eigenvalue weighted by atomic mass is 9.92. The summed E-state index contributed by atoms with van der Waals surface area (Å²) in [7, 11) is 0. The molecule has 0 bridgehead atoms. The van der Waals surface area contributed by atoms with Gasteiger partial charge in [0.05, 0.1) is 0 Å². The molecular weight excluding hydrogens is 250 g/mol. The van der Waals surface area contributed by atoms with Crippen molar-refractivity contribution in [2.45, 2.75) is 25.7 Å². The number of alkyl halides is 1. The van der Waals surface area contributed by atoms with Crippen LogP contribution >= 0.6 is 15.9 Å². The van der Waals surface area contributed by atoms with Gasteiger partial charge in [-0.3, -0.25) is 0 Å². The fraction of sp³-hybridized carbons (Fsp3) is 0.538. The van der Waals surface area contributed by atoms with E-state index in [1.54, 1.807) is 0 Å². The molecule has 0 spiro atoms. The second-order valence-corrected chi connectivity index (χ2v) is 4.76. The van der Waals surface area contributed by atoms with Crippen LogP contribution in [0.4, 0.5) is 0 Å². The molecule has 1 atom stereocenters. The van der Waals surface area contributed by atoms with Crippen molar-refractivity contribution in [3.63, 3.8) is 0 Å². The molecule has 2 N–H and O–H groups in total. The summed E-state index contributed by atoms with van der Waals surface area (Å²) in [5, 5.41) is 1.10. The molecule has 15 heavy (non-hydrogen) atoms. The molecule has 0 fully saturated rings. The van der Waals surface area contributed by atoms with Gasteiger partial charge in [-0.05, 0) is 43.7 Å². The summed E-state index contributed by atoms with van der Waals surface area (Å²) in [5.74, 6) is 0.745. The van der Waals surface area contributed by atoms with Crippen molar-refractivity contribution in [1.29, 1.82) is 0 Å². The summed E-state index contributed by atoms with van der Waals surface area (Å²) in [5.41, 5.74) is 7.08. The molecule has 0 radical (unpaired) electrons. The third-order valence-electron chi connectivity index (χ3n) is 2.69. The predicted molar refractivity (Wildman–Crippen MR) is 70.3 cm³/mol. The molecule has 0 aliphatic rings. The summed E-state index contributed by atoms with van der Waals surface area (Å²) in [4.78, 5) is 0. The molecule has 0 aliphatic carbocycles. The van der Waals surface area contributed by atoms with Gasteiger partial charge in [-0.1, -0.05) is 46.3 Å². The molecule has 0 aromatic heterocycles. The maximum absolute atomic E-state index is 5.64. The van der Waals surface area contributed by atoms with Gasteiger partial charge in [0.1, 0.15) is 0 Å². The van der Waals surface area contributed by atoms with E-state index >= 15 is 0 Å². The minimum Gasteiger partial charge on any atom is -0.330 e. The zero-order valence-corrected chi connectivity index (χ0v) is 10.7. The van der Waals surface area contributed by atoms with E-state index in [0.717, 1.165) is 24.2 Å². The lowest BCUT2D eigenvalue weighted by Crippen LogP contribution is -2.11. The van der Waals surface area contributed by atoms with Gasteiger partial charge < -0.3 is 5.73 Å². The van der Waals surface area contributed by atoms with Crippen LogP contribution in [0.15, 0.2) is 30.3 Å². The van der Waals surface area contributed by atoms with E-state index in [4.69, 9.17) is 5.73 Å². The van der Waals surface area contributed by atoms with E-state index in [1.807, 2.05) is 0 Å². The van der Waals surface area contributed by atoms with Crippen LogP contribution in [0.2, 0.25) is 0 Å². The number of hydrogen-bond donors (Lipinski definition) is 1. The molecule has 0 saturated carbocycles. The maximum atomic E-state index is 5.64. The van der Waals surface area contributed by atoms with E-state index in [2.05, 4.69) is 46.3 Å². The summed E-state index contributed by atoms with van der Waals surface area (Å²) in [6.07, 6.45) is 4.84. The number of hydrogen-bond acceptors (Lipinski definition) is 1. The van der Waals surface area contributed by atoms with Crippen molar-refractivity contribution in [2.24, 2.45) is 11.7 Å². The fourth-order valence-corrected chi connectivity index (χ4v) is 2.22. The standard InChI is InChI=1S/C13H20BrN/c14-9-4-7-13(8-10-15)11-12-5-2-1-3-6-12/h1-3,5-6,13H,4,7-11,15H2. The third-order valence-corrected chi connectivity index (χ3v) is 3.25. The van der Waals surface area contributed by atoms with Crippen LogP contribution in [0.3, 0.4) is 0 Å². The van der Waals surface area contributed by atoms with Crippen molar-refractivity contribution < 1.29 is 0 Å². The van der Waals surface area contributed by atoms with Gasteiger partial charge >= 0.3 is 0 Å². The van der Waals surface area contributed by atoms with Crippen LogP contribution in [0.25, 0.3) is 0 Å². The van der Waals surface area contributed by atoms with Crippen LogP contribution in [-0.4, -0.2) is 11.9 Å². The predicted octanol–water partition coefficient (Wildman–Crippen LogP) is 3.37. The van der Waals surface area contributed by atoms with Crippen LogP contribution < -0.4 is 5.73 Å². The van der Waals surface area contributed by atoms with Crippen LogP contribution in [0, 0.1) is 5.92 Å². The normalized spacial score (nSPS) is 12.7. The number of nitrogens with two attached hydrogens (primary N) is 1. The van der Waals surface area contributed by atoms with Gasteiger partial charge in [-0.15, -0.1) is 0 Å². The Balaban J connectivity index is 2.43. The summed E-state index contributed by atoms with van der Waals surface area (Å²) < 4.78 is 0. The molecule has 2 heteroatoms. The number of halogens is 1. The van der Waals surface area contributed by atoms with Crippen molar-refractivity contribution in [3.05, 3.63) is 35.9 Å². The second-order valence-electron chi connectivity index (χ2n) is 3.96. The van der Waals surface area contributed by atoms with Crippen LogP contribution in [-0.2, 0) is 6.42 Å². The summed E-state index contributed by atoms with van der Waals surface area (Å²) in [6.45, 7) is 0.805. The highest BCUT2D eigenvalue weighted by molar-refractivity contribution is 9.09. The number of rotatable bonds is 7. The second kappa shape index (κ2) is 7.89. The minimum atomic E-state index is 0.745. The van der Waals surface area contributed by atoms with Crippen LogP contribution in [0.5, 0.6) is 0 Å². The van der Waals surface area contributed by atoms with E-state index in [-0.39, 0.29) is 0 Å². The SMILES string of the molecule is NCCC(CCCBr)Cc1ccccc1. The Morgan fingerprint density at radius 1 is 1.13 bits per heavy atom. The quantitative estimate of drug-likeness (QED) is 0.755. The topological polar surface area (TPSA) is 26.0 Å². The zero-order valence-electron chi connectivity index (χ0n) is 9.16. The van der Waals surface area contributed by atoms with E-state index in [1.165, 1.54) is 24.8 Å². The van der Waals surface area contributed by atoms with Gasteiger partial charge in [-0.2, -0.15) is 0 Å². The van der Waals surface area contributed by atoms with E-state index in [9.17, 15) is 0 Å². The van der Waals surface area contributed by atoms with Gasteiger partial charge in [0, 0.05) is 5.33 Å². The molecule has 1 unspecified atom stereocenters. The van der Waals surface area contributed by atoms with E-state index in [0.29, 0.717) is 0 Å². The van der Waals surface area contributed by atoms with Crippen molar-refractivity contribution in [1.82, 2.24) is 0 Å². The molecule has 0 saturated heterocycles. The highest BCUT2D eigenvalue weighted by Gasteiger charge is 2.08. The number of benzene rings is 1. The zero-order chi connectivity index (χ0) is 10.9. The first-order chi connectivity index (χ1) is 7.36. The molecule has 1 aromatic carbocycles. The molecule has 1 aromatic rings. The molecule has 0 heterocycles. The minimum absolute atomic E-state index is 0.745. The van der Waals surface area contributed by atoms with Crippen molar-refractivity contribution in [3.8, 4) is 0 Å². The summed E-state index contributed by atoms with van der Waals surface area (Å²) in [6, 6.07) is 10.7. The van der Waals surface area contributed by atoms with E-state index < -0.39 is 0 Å². The van der Waals surface area contributed by atoms with Crippen molar-refractivity contribution >= 4 is 15.9 Å². The van der Waals surface area contributed by atoms with Gasteiger partial charge in [0.15, 0.2) is 0 Å². The Labute approximate surface area is 101 Å².